The number of unbranched alkanes of at least 4 members (excludes halogenated alkanes) is 1. The second-order valence-corrected chi connectivity index (χ2v) is 10.4. The van der Waals surface area contributed by atoms with Gasteiger partial charge in [0.15, 0.2) is 0 Å². The van der Waals surface area contributed by atoms with Crippen LogP contribution in [0.25, 0.3) is 0 Å². The fourth-order valence-electron chi connectivity index (χ4n) is 2.54. The number of phenols is 1. The first-order chi connectivity index (χ1) is 8.15. The molecule has 0 fully saturated rings. The van der Waals surface area contributed by atoms with Crippen LogP contribution in [0.4, 0.5) is 0 Å². The van der Waals surface area contributed by atoms with Crippen molar-refractivity contribution >= 4 is 7.26 Å². The summed E-state index contributed by atoms with van der Waals surface area (Å²) in [6, 6.07) is 7.82. The number of hydrogen-bond donors (Lipinski definition) is 1. The molecule has 1 aromatic rings. The molecule has 0 radical (unpaired) electrons. The molecule has 1 nitrogen and oxygen atoms in total. The number of rotatable bonds is 7. The molecule has 0 amide bonds. The first kappa shape index (κ1) is 14.5. The van der Waals surface area contributed by atoms with Crippen molar-refractivity contribution in [2.45, 2.75) is 39.8 Å². The van der Waals surface area contributed by atoms with E-state index in [9.17, 15) is 5.11 Å². The molecule has 0 saturated carbocycles. The Labute approximate surface area is 107 Å². The van der Waals surface area contributed by atoms with Crippen molar-refractivity contribution in [1.29, 1.82) is 0 Å². The van der Waals surface area contributed by atoms with E-state index in [0.717, 1.165) is 0 Å². The van der Waals surface area contributed by atoms with Gasteiger partial charge in [-0.25, -0.2) is 0 Å². The van der Waals surface area contributed by atoms with Crippen LogP contribution in [0.2, 0.25) is 0 Å². The molecule has 0 atom stereocenters. The summed E-state index contributed by atoms with van der Waals surface area (Å²) in [5, 5.41) is 9.32. The van der Waals surface area contributed by atoms with Gasteiger partial charge in [-0.15, -0.1) is 0 Å². The number of benzene rings is 1. The summed E-state index contributed by atoms with van der Waals surface area (Å²) in [4.78, 5) is 0. The summed E-state index contributed by atoms with van der Waals surface area (Å²) in [6.45, 7) is 7.02. The zero-order valence-electron chi connectivity index (χ0n) is 11.5. The van der Waals surface area contributed by atoms with E-state index in [4.69, 9.17) is 0 Å². The minimum absolute atomic E-state index is 0.377. The first-order valence-corrected chi connectivity index (χ1v) is 9.76. The molecule has 98 valence electrons. The molecule has 0 spiro atoms. The molecule has 0 aromatic heterocycles. The molecular formula is C15H27OP. The van der Waals surface area contributed by atoms with E-state index in [2.05, 4.69) is 32.9 Å². The Morgan fingerprint density at radius 3 is 2.06 bits per heavy atom. The van der Waals surface area contributed by atoms with Crippen molar-refractivity contribution in [3.63, 3.8) is 0 Å². The van der Waals surface area contributed by atoms with Gasteiger partial charge in [0.25, 0.3) is 0 Å². The van der Waals surface area contributed by atoms with E-state index in [1.165, 1.54) is 43.1 Å². The Bertz CT molecular complexity index is 314. The van der Waals surface area contributed by atoms with Crippen molar-refractivity contribution in [2.24, 2.45) is 0 Å². The Hall–Kier alpha value is -0.550. The third-order valence-corrected chi connectivity index (χ3v) is 9.65. The fourth-order valence-corrected chi connectivity index (χ4v) is 6.63. The second-order valence-electron chi connectivity index (χ2n) is 5.15. The van der Waals surface area contributed by atoms with E-state index >= 15 is 0 Å². The standard InChI is InChI=1S/C15H27OP/c1-4-7-12-17(5-2,6-3)13-14-8-10-15(16)11-9-14/h8-11,16-17H,4-7,12-13H2,1-3H3. The maximum atomic E-state index is 9.32. The van der Waals surface area contributed by atoms with Crippen LogP contribution < -0.4 is 0 Å². The van der Waals surface area contributed by atoms with Crippen LogP contribution in [0.3, 0.4) is 0 Å². The molecule has 0 unspecified atom stereocenters. The van der Waals surface area contributed by atoms with Gasteiger partial charge >= 0.3 is 106 Å². The van der Waals surface area contributed by atoms with Crippen molar-refractivity contribution in [3.05, 3.63) is 29.8 Å². The quantitative estimate of drug-likeness (QED) is 0.711. The number of aromatic hydroxyl groups is 1. The summed E-state index contributed by atoms with van der Waals surface area (Å²) in [6.07, 6.45) is 8.18. The third-order valence-electron chi connectivity index (χ3n) is 4.08. The van der Waals surface area contributed by atoms with E-state index in [-0.39, 0.29) is 0 Å². The Balaban J connectivity index is 2.74. The van der Waals surface area contributed by atoms with E-state index in [1.54, 1.807) is 0 Å². The zero-order chi connectivity index (χ0) is 12.7. The van der Waals surface area contributed by atoms with Crippen molar-refractivity contribution in [1.82, 2.24) is 0 Å². The normalized spacial score (nSPS) is 12.6. The van der Waals surface area contributed by atoms with Gasteiger partial charge in [0.2, 0.25) is 0 Å². The molecule has 0 bridgehead atoms. The van der Waals surface area contributed by atoms with Crippen molar-refractivity contribution in [2.75, 3.05) is 18.5 Å². The summed E-state index contributed by atoms with van der Waals surface area (Å²) >= 11 is 0. The van der Waals surface area contributed by atoms with Crippen LogP contribution >= 0.6 is 7.26 Å². The monoisotopic (exact) mass is 254 g/mol. The average molecular weight is 254 g/mol. The van der Waals surface area contributed by atoms with Crippen LogP contribution in [0, 0.1) is 0 Å². The van der Waals surface area contributed by atoms with Gasteiger partial charge in [0.05, 0.1) is 0 Å². The van der Waals surface area contributed by atoms with Gasteiger partial charge in [-0.3, -0.25) is 0 Å². The third kappa shape index (κ3) is 4.32. The summed E-state index contributed by atoms with van der Waals surface area (Å²) in [5.41, 5.74) is 1.41. The molecule has 0 aliphatic rings. The minimum atomic E-state index is -1.10. The maximum absolute atomic E-state index is 9.32. The van der Waals surface area contributed by atoms with Crippen LogP contribution in [0.5, 0.6) is 5.75 Å². The molecule has 17 heavy (non-hydrogen) atoms. The molecule has 0 aliphatic heterocycles. The van der Waals surface area contributed by atoms with Gasteiger partial charge in [0.1, 0.15) is 0 Å². The molecule has 0 aliphatic carbocycles. The predicted molar refractivity (Wildman–Crippen MR) is 81.0 cm³/mol. The second kappa shape index (κ2) is 7.01. The molecule has 1 rings (SSSR count). The number of phenolic OH excluding ortho intramolecular Hbond substituents is 1. The van der Waals surface area contributed by atoms with Crippen LogP contribution in [-0.4, -0.2) is 23.6 Å². The number of hydrogen-bond acceptors (Lipinski definition) is 1. The van der Waals surface area contributed by atoms with Crippen molar-refractivity contribution < 1.29 is 5.11 Å². The Morgan fingerprint density at radius 2 is 1.59 bits per heavy atom. The van der Waals surface area contributed by atoms with Crippen LogP contribution in [0.1, 0.15) is 39.2 Å². The molecule has 1 N–H and O–H groups in total. The summed E-state index contributed by atoms with van der Waals surface area (Å²) in [5.74, 6) is 0.377. The predicted octanol–water partition coefficient (Wildman–Crippen LogP) is 4.48. The van der Waals surface area contributed by atoms with E-state index in [0.29, 0.717) is 5.75 Å². The molecule has 2 heteroatoms. The zero-order valence-corrected chi connectivity index (χ0v) is 12.5. The van der Waals surface area contributed by atoms with Crippen LogP contribution in [0.15, 0.2) is 24.3 Å². The Morgan fingerprint density at radius 1 is 1.00 bits per heavy atom. The molecule has 0 heterocycles. The summed E-state index contributed by atoms with van der Waals surface area (Å²) < 4.78 is 0. The van der Waals surface area contributed by atoms with E-state index < -0.39 is 7.26 Å². The van der Waals surface area contributed by atoms with E-state index in [1.807, 2.05) is 12.1 Å². The van der Waals surface area contributed by atoms with Crippen LogP contribution in [-0.2, 0) is 6.16 Å². The van der Waals surface area contributed by atoms with Gasteiger partial charge in [-0.1, -0.05) is 0 Å². The van der Waals surface area contributed by atoms with Gasteiger partial charge in [0, 0.05) is 0 Å². The molecular weight excluding hydrogens is 227 g/mol. The first-order valence-electron chi connectivity index (χ1n) is 6.93. The van der Waals surface area contributed by atoms with Gasteiger partial charge < -0.3 is 0 Å². The summed E-state index contributed by atoms with van der Waals surface area (Å²) in [7, 11) is -1.10. The average Bonchev–Trinajstić information content (AvgIpc) is 2.37. The van der Waals surface area contributed by atoms with Gasteiger partial charge in [-0.2, -0.15) is 0 Å². The SMILES string of the molecule is CCCC[PH](CC)(CC)Cc1ccc(O)cc1. The van der Waals surface area contributed by atoms with Crippen molar-refractivity contribution in [3.8, 4) is 5.75 Å². The topological polar surface area (TPSA) is 20.2 Å². The Kier molecular flexibility index (Phi) is 5.98. The fraction of sp³-hybridized carbons (Fsp3) is 0.600. The molecule has 1 aromatic carbocycles. The molecule has 0 saturated heterocycles. The van der Waals surface area contributed by atoms with Gasteiger partial charge in [-0.05, 0) is 0 Å².